The molecule has 0 radical (unpaired) electrons. The Labute approximate surface area is 176 Å². The van der Waals surface area contributed by atoms with Gasteiger partial charge in [0.05, 0.1) is 6.04 Å². The third-order valence-corrected chi connectivity index (χ3v) is 7.55. The predicted octanol–water partition coefficient (Wildman–Crippen LogP) is 0.619. The second-order valence-corrected chi connectivity index (χ2v) is 11.5. The fraction of sp³-hybridized carbons (Fsp3) is 0.579. The fourth-order valence-corrected chi connectivity index (χ4v) is 6.31. The number of rotatable bonds is 5. The van der Waals surface area contributed by atoms with Gasteiger partial charge in [-0.25, -0.2) is 9.00 Å². The van der Waals surface area contributed by atoms with E-state index in [0.29, 0.717) is 11.3 Å². The number of amides is 2. The molecule has 6 unspecified atom stereocenters. The summed E-state index contributed by atoms with van der Waals surface area (Å²) in [4.78, 5) is 14.4. The molecular formula is C19H29N5O3S2. The van der Waals surface area contributed by atoms with Crippen molar-refractivity contribution >= 4 is 39.1 Å². The molecule has 2 amide bonds. The quantitative estimate of drug-likeness (QED) is 0.500. The number of nitrogens with one attached hydrogen (secondary N) is 4. The largest absolute Gasteiger partial charge is 0.378 e. The molecule has 0 aliphatic carbocycles. The van der Waals surface area contributed by atoms with Crippen molar-refractivity contribution in [1.29, 1.82) is 0 Å². The highest BCUT2D eigenvalue weighted by Crippen LogP contribution is 2.34. The standard InChI is InChI=1S/C19H29N5O3S2/c1-27-17(15-10-12-6-4-5-7-13(12)20-15)24-9-8-14-16(11-24)28-19(21-14)22-18(25)23-29(2,3)26/h4-7,14-17,19-21H,2,8-11H2,1,3H3,(H2,22,23,25,26). The van der Waals surface area contributed by atoms with Crippen LogP contribution in [0, 0.1) is 0 Å². The Bertz CT molecular complexity index is 840. The molecule has 10 heteroatoms. The number of nitrogens with zero attached hydrogens (tertiary/aromatic N) is 1. The van der Waals surface area contributed by atoms with Gasteiger partial charge in [-0.05, 0) is 30.3 Å². The van der Waals surface area contributed by atoms with Crippen molar-refractivity contribution in [3.05, 3.63) is 29.8 Å². The van der Waals surface area contributed by atoms with Gasteiger partial charge in [-0.2, -0.15) is 0 Å². The van der Waals surface area contributed by atoms with E-state index in [2.05, 4.69) is 55.7 Å². The fourth-order valence-electron chi connectivity index (χ4n) is 4.40. The van der Waals surface area contributed by atoms with Crippen molar-refractivity contribution in [3.63, 3.8) is 0 Å². The molecule has 1 aromatic rings. The van der Waals surface area contributed by atoms with E-state index in [1.807, 2.05) is 0 Å². The number of para-hydroxylation sites is 1. The normalized spacial score (nSPS) is 31.8. The molecule has 3 aliphatic rings. The minimum atomic E-state index is -2.58. The van der Waals surface area contributed by atoms with Gasteiger partial charge < -0.3 is 15.4 Å². The number of hydrogen-bond acceptors (Lipinski definition) is 7. The van der Waals surface area contributed by atoms with Gasteiger partial charge in [-0.3, -0.25) is 14.9 Å². The molecule has 6 atom stereocenters. The van der Waals surface area contributed by atoms with Gasteiger partial charge >= 0.3 is 6.03 Å². The summed E-state index contributed by atoms with van der Waals surface area (Å²) in [5.74, 6) is 3.45. The van der Waals surface area contributed by atoms with Gasteiger partial charge in [0.2, 0.25) is 0 Å². The monoisotopic (exact) mass is 439 g/mol. The van der Waals surface area contributed by atoms with Crippen molar-refractivity contribution in [2.45, 2.75) is 41.9 Å². The van der Waals surface area contributed by atoms with Crippen LogP contribution >= 0.6 is 11.8 Å². The number of benzene rings is 1. The van der Waals surface area contributed by atoms with Crippen LogP contribution in [-0.4, -0.2) is 76.5 Å². The lowest BCUT2D eigenvalue weighted by atomic mass is 10.0. The molecule has 4 rings (SSSR count). The maximum Gasteiger partial charge on any atom is 0.328 e. The number of ether oxygens (including phenoxy) is 1. The molecule has 29 heavy (non-hydrogen) atoms. The summed E-state index contributed by atoms with van der Waals surface area (Å²) >= 11 is 1.70. The topological polar surface area (TPSA) is 94.7 Å². The zero-order valence-electron chi connectivity index (χ0n) is 16.7. The van der Waals surface area contributed by atoms with E-state index < -0.39 is 15.7 Å². The molecule has 2 fully saturated rings. The van der Waals surface area contributed by atoms with Gasteiger partial charge in [0.15, 0.2) is 0 Å². The third kappa shape index (κ3) is 4.83. The first-order valence-corrected chi connectivity index (χ1v) is 12.8. The number of anilines is 1. The second kappa shape index (κ2) is 8.35. The first kappa shape index (κ1) is 20.8. The highest BCUT2D eigenvalue weighted by atomic mass is 32.2. The van der Waals surface area contributed by atoms with Gasteiger partial charge in [0, 0.05) is 53.1 Å². The third-order valence-electron chi connectivity index (χ3n) is 5.58. The van der Waals surface area contributed by atoms with E-state index in [4.69, 9.17) is 4.74 Å². The molecule has 0 saturated carbocycles. The lowest BCUT2D eigenvalue weighted by Crippen LogP contribution is -2.56. The highest BCUT2D eigenvalue weighted by Gasteiger charge is 2.42. The van der Waals surface area contributed by atoms with Crippen LogP contribution < -0.4 is 20.7 Å². The Morgan fingerprint density at radius 1 is 1.45 bits per heavy atom. The number of piperidine rings is 1. The summed E-state index contributed by atoms with van der Waals surface area (Å²) in [5, 5.41) is 10.3. The van der Waals surface area contributed by atoms with E-state index in [0.717, 1.165) is 25.9 Å². The molecule has 4 N–H and O–H groups in total. The van der Waals surface area contributed by atoms with Crippen LogP contribution in [0.2, 0.25) is 0 Å². The smallest absolute Gasteiger partial charge is 0.328 e. The minimum absolute atomic E-state index is 0.00445. The molecule has 160 valence electrons. The maximum absolute atomic E-state index is 12.0. The van der Waals surface area contributed by atoms with Crippen molar-refractivity contribution in [2.24, 2.45) is 0 Å². The summed E-state index contributed by atoms with van der Waals surface area (Å²) in [6.07, 6.45) is 3.34. The van der Waals surface area contributed by atoms with E-state index in [9.17, 15) is 9.00 Å². The Morgan fingerprint density at radius 3 is 2.97 bits per heavy atom. The number of carbonyl (C=O) groups is 1. The Balaban J connectivity index is 1.34. The van der Waals surface area contributed by atoms with Crippen LogP contribution in [0.25, 0.3) is 0 Å². The van der Waals surface area contributed by atoms with Gasteiger partial charge in [-0.1, -0.05) is 18.2 Å². The summed E-state index contributed by atoms with van der Waals surface area (Å²) in [5.41, 5.74) is 2.32. The number of fused-ring (bicyclic) bond motifs is 2. The average molecular weight is 440 g/mol. The SMILES string of the molecule is C=S(C)(=O)NC(=O)NC1NC2CCN(C(OC)C3Cc4ccccc4N3)CC2S1. The molecule has 3 heterocycles. The molecule has 0 bridgehead atoms. The van der Waals surface area contributed by atoms with Crippen LogP contribution in [-0.2, 0) is 20.9 Å². The Morgan fingerprint density at radius 2 is 2.24 bits per heavy atom. The Kier molecular flexibility index (Phi) is 5.99. The zero-order chi connectivity index (χ0) is 20.6. The summed E-state index contributed by atoms with van der Waals surface area (Å²) in [7, 11) is -0.802. The van der Waals surface area contributed by atoms with E-state index in [1.165, 1.54) is 17.5 Å². The maximum atomic E-state index is 12.0. The van der Waals surface area contributed by atoms with Crippen LogP contribution in [0.15, 0.2) is 24.3 Å². The number of urea groups is 1. The summed E-state index contributed by atoms with van der Waals surface area (Å²) in [6, 6.07) is 8.51. The second-order valence-electron chi connectivity index (χ2n) is 7.93. The van der Waals surface area contributed by atoms with E-state index in [1.54, 1.807) is 18.9 Å². The summed E-state index contributed by atoms with van der Waals surface area (Å²) < 4.78 is 19.9. The van der Waals surface area contributed by atoms with Gasteiger partial charge in [-0.15, -0.1) is 11.8 Å². The predicted molar refractivity (Wildman–Crippen MR) is 119 cm³/mol. The summed E-state index contributed by atoms with van der Waals surface area (Å²) in [6.45, 7) is 1.82. The van der Waals surface area contributed by atoms with Crippen molar-refractivity contribution in [1.82, 2.24) is 20.3 Å². The first-order chi connectivity index (χ1) is 13.8. The molecule has 3 aliphatic heterocycles. The number of hydrogen-bond donors (Lipinski definition) is 4. The molecule has 1 aromatic carbocycles. The van der Waals surface area contributed by atoms with Gasteiger partial charge in [0.25, 0.3) is 0 Å². The molecule has 8 nitrogen and oxygen atoms in total. The molecular weight excluding hydrogens is 410 g/mol. The van der Waals surface area contributed by atoms with Crippen LogP contribution in [0.1, 0.15) is 12.0 Å². The zero-order valence-corrected chi connectivity index (χ0v) is 18.4. The molecule has 0 spiro atoms. The van der Waals surface area contributed by atoms with Crippen LogP contribution in [0.4, 0.5) is 10.5 Å². The lowest BCUT2D eigenvalue weighted by Gasteiger charge is -2.40. The number of likely N-dealkylation sites (tertiary alicyclic amines) is 1. The average Bonchev–Trinajstić information content (AvgIpc) is 3.23. The van der Waals surface area contributed by atoms with Gasteiger partial charge in [0.1, 0.15) is 11.7 Å². The highest BCUT2D eigenvalue weighted by molar-refractivity contribution is 8.00. The number of methoxy groups -OCH3 is 1. The van der Waals surface area contributed by atoms with Crippen molar-refractivity contribution < 1.29 is 13.7 Å². The van der Waals surface area contributed by atoms with E-state index >= 15 is 0 Å². The van der Waals surface area contributed by atoms with E-state index in [-0.39, 0.29) is 17.8 Å². The van der Waals surface area contributed by atoms with Crippen LogP contribution in [0.5, 0.6) is 0 Å². The first-order valence-electron chi connectivity index (χ1n) is 9.75. The molecule has 2 saturated heterocycles. The van der Waals surface area contributed by atoms with Crippen LogP contribution in [0.3, 0.4) is 0 Å². The minimum Gasteiger partial charge on any atom is -0.378 e. The molecule has 0 aromatic heterocycles. The van der Waals surface area contributed by atoms with Crippen molar-refractivity contribution in [3.8, 4) is 0 Å². The Hall–Kier alpha value is -1.46. The van der Waals surface area contributed by atoms with Crippen molar-refractivity contribution in [2.75, 3.05) is 31.8 Å². The number of thioether (sulfide) groups is 1. The lowest BCUT2D eigenvalue weighted by molar-refractivity contribution is -0.0524. The number of carbonyl (C=O) groups excluding carboxylic acids is 1.